The van der Waals surface area contributed by atoms with Gasteiger partial charge in [0, 0.05) is 0 Å². The van der Waals surface area contributed by atoms with E-state index >= 15 is 0 Å². The van der Waals surface area contributed by atoms with Crippen LogP contribution in [0.3, 0.4) is 0 Å². The van der Waals surface area contributed by atoms with Crippen molar-refractivity contribution in [1.29, 1.82) is 5.26 Å². The second-order valence-electron chi connectivity index (χ2n) is 4.83. The van der Waals surface area contributed by atoms with Crippen LogP contribution in [0.1, 0.15) is 24.1 Å². The van der Waals surface area contributed by atoms with E-state index in [1.807, 2.05) is 43.3 Å². The van der Waals surface area contributed by atoms with E-state index in [1.165, 1.54) is 30.3 Å². The number of hydrogen-bond donors (Lipinski definition) is 1. The number of halogens is 1. The fraction of sp³-hybridized carbons (Fsp3) is 0.111. The van der Waals surface area contributed by atoms with Gasteiger partial charge in [0.1, 0.15) is 17.5 Å². The molecule has 4 heteroatoms. The van der Waals surface area contributed by atoms with Crippen molar-refractivity contribution in [2.75, 3.05) is 0 Å². The molecule has 22 heavy (non-hydrogen) atoms. The lowest BCUT2D eigenvalue weighted by Gasteiger charge is -2.13. The maximum atomic E-state index is 12.9. The molecule has 1 atom stereocenters. The first-order valence-corrected chi connectivity index (χ1v) is 6.83. The molecule has 0 fully saturated rings. The summed E-state index contributed by atoms with van der Waals surface area (Å²) in [6.45, 7) is 1.85. The molecule has 0 saturated heterocycles. The topological polar surface area (TPSA) is 52.9 Å². The molecule has 0 aliphatic heterocycles. The van der Waals surface area contributed by atoms with Crippen LogP contribution in [0, 0.1) is 17.1 Å². The average molecular weight is 294 g/mol. The first-order valence-electron chi connectivity index (χ1n) is 6.83. The zero-order valence-electron chi connectivity index (χ0n) is 12.1. The first-order chi connectivity index (χ1) is 10.6. The molecule has 2 rings (SSSR count). The van der Waals surface area contributed by atoms with Crippen LogP contribution in [0.4, 0.5) is 4.39 Å². The van der Waals surface area contributed by atoms with Crippen molar-refractivity contribution in [3.63, 3.8) is 0 Å². The van der Waals surface area contributed by atoms with Gasteiger partial charge in [-0.2, -0.15) is 5.26 Å². The average Bonchev–Trinajstić information content (AvgIpc) is 2.55. The monoisotopic (exact) mass is 294 g/mol. The highest BCUT2D eigenvalue weighted by Crippen LogP contribution is 2.13. The molecule has 0 bridgehead atoms. The summed E-state index contributed by atoms with van der Waals surface area (Å²) >= 11 is 0. The van der Waals surface area contributed by atoms with E-state index in [1.54, 1.807) is 0 Å². The second kappa shape index (κ2) is 7.19. The Morgan fingerprint density at radius 2 is 1.82 bits per heavy atom. The number of nitrogens with zero attached hydrogens (tertiary/aromatic N) is 1. The summed E-state index contributed by atoms with van der Waals surface area (Å²) in [6, 6.07) is 16.7. The molecule has 0 aliphatic rings. The van der Waals surface area contributed by atoms with Crippen molar-refractivity contribution in [2.45, 2.75) is 13.0 Å². The molecule has 1 unspecified atom stereocenters. The molecule has 0 radical (unpaired) electrons. The number of benzene rings is 2. The van der Waals surface area contributed by atoms with Gasteiger partial charge in [-0.25, -0.2) is 4.39 Å². The molecule has 0 spiro atoms. The Morgan fingerprint density at radius 1 is 1.18 bits per heavy atom. The zero-order chi connectivity index (χ0) is 15.9. The molecule has 2 aromatic rings. The summed E-state index contributed by atoms with van der Waals surface area (Å²) in [5, 5.41) is 11.9. The number of rotatable bonds is 4. The Labute approximate surface area is 128 Å². The third-order valence-electron chi connectivity index (χ3n) is 3.19. The van der Waals surface area contributed by atoms with Gasteiger partial charge in [-0.3, -0.25) is 4.79 Å². The molecule has 3 nitrogen and oxygen atoms in total. The molecule has 0 saturated carbocycles. The largest absolute Gasteiger partial charge is 0.345 e. The summed E-state index contributed by atoms with van der Waals surface area (Å²) < 4.78 is 12.9. The molecule has 1 N–H and O–H groups in total. The third kappa shape index (κ3) is 4.03. The minimum atomic E-state index is -0.455. The predicted octanol–water partition coefficient (Wildman–Crippen LogP) is 3.61. The Morgan fingerprint density at radius 3 is 2.41 bits per heavy atom. The lowest BCUT2D eigenvalue weighted by atomic mass is 10.1. The smallest absolute Gasteiger partial charge is 0.262 e. The van der Waals surface area contributed by atoms with E-state index in [0.29, 0.717) is 5.56 Å². The van der Waals surface area contributed by atoms with Gasteiger partial charge >= 0.3 is 0 Å². The number of carbonyl (C=O) groups is 1. The molecule has 110 valence electrons. The molecule has 0 aromatic heterocycles. The number of nitriles is 1. The number of hydrogen-bond acceptors (Lipinski definition) is 2. The SMILES string of the molecule is CC(NC(=O)/C(C#N)=C/c1ccc(F)cc1)c1ccccc1. The Bertz CT molecular complexity index is 715. The number of carbonyl (C=O) groups excluding carboxylic acids is 1. The summed E-state index contributed by atoms with van der Waals surface area (Å²) in [6.07, 6.45) is 1.44. The van der Waals surface area contributed by atoms with E-state index in [0.717, 1.165) is 5.56 Å². The summed E-state index contributed by atoms with van der Waals surface area (Å²) in [5.74, 6) is -0.819. The van der Waals surface area contributed by atoms with Crippen LogP contribution < -0.4 is 5.32 Å². The van der Waals surface area contributed by atoms with Gasteiger partial charge in [-0.15, -0.1) is 0 Å². The van der Waals surface area contributed by atoms with E-state index < -0.39 is 5.91 Å². The summed E-state index contributed by atoms with van der Waals surface area (Å²) in [7, 11) is 0. The fourth-order valence-corrected chi connectivity index (χ4v) is 1.97. The van der Waals surface area contributed by atoms with Gasteiger partial charge < -0.3 is 5.32 Å². The van der Waals surface area contributed by atoms with Gasteiger partial charge in [0.05, 0.1) is 6.04 Å². The van der Waals surface area contributed by atoms with Gasteiger partial charge in [0.15, 0.2) is 0 Å². The highest BCUT2D eigenvalue weighted by Gasteiger charge is 2.13. The normalized spacial score (nSPS) is 12.3. The van der Waals surface area contributed by atoms with Crippen LogP contribution in [-0.4, -0.2) is 5.91 Å². The van der Waals surface area contributed by atoms with E-state index in [2.05, 4.69) is 5.32 Å². The van der Waals surface area contributed by atoms with E-state index in [4.69, 9.17) is 5.26 Å². The number of nitrogens with one attached hydrogen (secondary N) is 1. The fourth-order valence-electron chi connectivity index (χ4n) is 1.97. The zero-order valence-corrected chi connectivity index (χ0v) is 12.1. The molecule has 0 aliphatic carbocycles. The molecule has 2 aromatic carbocycles. The highest BCUT2D eigenvalue weighted by molar-refractivity contribution is 6.01. The maximum Gasteiger partial charge on any atom is 0.262 e. The Kier molecular flexibility index (Phi) is 5.05. The number of amides is 1. The lowest BCUT2D eigenvalue weighted by Crippen LogP contribution is -2.27. The summed E-state index contributed by atoms with van der Waals surface area (Å²) in [4.78, 5) is 12.2. The van der Waals surface area contributed by atoms with Gasteiger partial charge in [0.25, 0.3) is 5.91 Å². The predicted molar refractivity (Wildman–Crippen MR) is 83.0 cm³/mol. The van der Waals surface area contributed by atoms with Gasteiger partial charge in [-0.1, -0.05) is 42.5 Å². The van der Waals surface area contributed by atoms with Crippen molar-refractivity contribution in [2.24, 2.45) is 0 Å². The van der Waals surface area contributed by atoms with Crippen molar-refractivity contribution < 1.29 is 9.18 Å². The van der Waals surface area contributed by atoms with E-state index in [9.17, 15) is 9.18 Å². The van der Waals surface area contributed by atoms with Crippen molar-refractivity contribution in [3.05, 3.63) is 77.1 Å². The van der Waals surface area contributed by atoms with Crippen molar-refractivity contribution in [1.82, 2.24) is 5.32 Å². The summed E-state index contributed by atoms with van der Waals surface area (Å²) in [5.41, 5.74) is 1.53. The minimum absolute atomic E-state index is 0.0191. The maximum absolute atomic E-state index is 12.9. The minimum Gasteiger partial charge on any atom is -0.345 e. The second-order valence-corrected chi connectivity index (χ2v) is 4.83. The molecular weight excluding hydrogens is 279 g/mol. The Hall–Kier alpha value is -2.93. The molecule has 0 heterocycles. The van der Waals surface area contributed by atoms with Crippen molar-refractivity contribution in [3.8, 4) is 6.07 Å². The van der Waals surface area contributed by atoms with Gasteiger partial charge in [0.2, 0.25) is 0 Å². The van der Waals surface area contributed by atoms with Crippen LogP contribution in [0.5, 0.6) is 0 Å². The van der Waals surface area contributed by atoms with Crippen LogP contribution in [0.15, 0.2) is 60.2 Å². The third-order valence-corrected chi connectivity index (χ3v) is 3.19. The highest BCUT2D eigenvalue weighted by atomic mass is 19.1. The van der Waals surface area contributed by atoms with Crippen molar-refractivity contribution >= 4 is 12.0 Å². The van der Waals surface area contributed by atoms with E-state index in [-0.39, 0.29) is 17.4 Å². The molecule has 1 amide bonds. The van der Waals surface area contributed by atoms with Gasteiger partial charge in [-0.05, 0) is 36.3 Å². The quantitative estimate of drug-likeness (QED) is 0.692. The standard InChI is InChI=1S/C18H15FN2O/c1-13(15-5-3-2-4-6-15)21-18(22)16(12-20)11-14-7-9-17(19)10-8-14/h2-11,13H,1H3,(H,21,22)/b16-11+. The molecular formula is C18H15FN2O. The van der Waals surface area contributed by atoms with Crippen LogP contribution in [-0.2, 0) is 4.79 Å². The lowest BCUT2D eigenvalue weighted by molar-refractivity contribution is -0.117. The van der Waals surface area contributed by atoms with Crippen LogP contribution in [0.25, 0.3) is 6.08 Å². The first kappa shape index (κ1) is 15.5. The van der Waals surface area contributed by atoms with Crippen LogP contribution >= 0.6 is 0 Å². The Balaban J connectivity index is 2.12. The van der Waals surface area contributed by atoms with Crippen LogP contribution in [0.2, 0.25) is 0 Å².